The van der Waals surface area contributed by atoms with Crippen LogP contribution in [0, 0.1) is 33.1 Å². The maximum absolute atomic E-state index is 8.91. The van der Waals surface area contributed by atoms with E-state index in [2.05, 4.69) is 49.6 Å². The first-order chi connectivity index (χ1) is 12.5. The summed E-state index contributed by atoms with van der Waals surface area (Å²) in [4.78, 5) is 4.91. The zero-order valence-electron chi connectivity index (χ0n) is 15.5. The Morgan fingerprint density at radius 2 is 1.50 bits per heavy atom. The zero-order chi connectivity index (χ0) is 18.4. The first-order valence-corrected chi connectivity index (χ1v) is 8.77. The van der Waals surface area contributed by atoms with Gasteiger partial charge in [-0.3, -0.25) is 14.5 Å². The predicted octanol–water partition coefficient (Wildman–Crippen LogP) is 4.53. The summed E-state index contributed by atoms with van der Waals surface area (Å²) in [6.45, 7) is 8.20. The number of nitrogens with zero attached hydrogens (tertiary/aromatic N) is 3. The molecular weight excluding hydrogens is 320 g/mol. The van der Waals surface area contributed by atoms with Crippen LogP contribution in [0.3, 0.4) is 0 Å². The number of rotatable bonds is 2. The highest BCUT2D eigenvalue weighted by Gasteiger charge is 2.18. The summed E-state index contributed by atoms with van der Waals surface area (Å²) in [5.41, 5.74) is 6.76. The number of fused-ring (bicyclic) bond motifs is 1. The van der Waals surface area contributed by atoms with Gasteiger partial charge in [-0.1, -0.05) is 30.3 Å². The number of aromatic nitrogens is 3. The van der Waals surface area contributed by atoms with Gasteiger partial charge in [-0.05, 0) is 63.1 Å². The van der Waals surface area contributed by atoms with Crippen molar-refractivity contribution in [1.29, 1.82) is 5.41 Å². The summed E-state index contributed by atoms with van der Waals surface area (Å²) in [5, 5.41) is 9.81. The van der Waals surface area contributed by atoms with Crippen LogP contribution in [-0.4, -0.2) is 14.1 Å². The van der Waals surface area contributed by atoms with Gasteiger partial charge in [0.05, 0.1) is 5.39 Å². The standard InChI is InChI=1S/C22H22N4/c1-14-9-8-12-19(13-14)26-17(4)24-22-20(21(26)23)15(2)16(3)25(22)18-10-6-5-7-11-18/h5-13,23H,1-4H3. The van der Waals surface area contributed by atoms with E-state index in [1.54, 1.807) is 0 Å². The molecule has 0 fully saturated rings. The lowest BCUT2D eigenvalue weighted by Gasteiger charge is -2.13. The molecule has 4 nitrogen and oxygen atoms in total. The Balaban J connectivity index is 2.10. The Morgan fingerprint density at radius 1 is 0.808 bits per heavy atom. The monoisotopic (exact) mass is 342 g/mol. The molecule has 2 aromatic heterocycles. The molecule has 0 unspecified atom stereocenters. The molecular formula is C22H22N4. The van der Waals surface area contributed by atoms with Crippen LogP contribution in [-0.2, 0) is 0 Å². The van der Waals surface area contributed by atoms with E-state index in [9.17, 15) is 0 Å². The lowest BCUT2D eigenvalue weighted by Crippen LogP contribution is -2.23. The Labute approximate surface area is 152 Å². The van der Waals surface area contributed by atoms with Crippen molar-refractivity contribution in [2.45, 2.75) is 27.7 Å². The van der Waals surface area contributed by atoms with E-state index in [4.69, 9.17) is 10.4 Å². The molecule has 0 aliphatic heterocycles. The minimum atomic E-state index is 0.480. The third-order valence-corrected chi connectivity index (χ3v) is 5.01. The summed E-state index contributed by atoms with van der Waals surface area (Å²) >= 11 is 0. The number of benzene rings is 2. The topological polar surface area (TPSA) is 46.6 Å². The number of hydrogen-bond acceptors (Lipinski definition) is 2. The van der Waals surface area contributed by atoms with Gasteiger partial charge in [0.15, 0.2) is 5.65 Å². The molecule has 0 bridgehead atoms. The van der Waals surface area contributed by atoms with Crippen LogP contribution in [0.2, 0.25) is 0 Å². The summed E-state index contributed by atoms with van der Waals surface area (Å²) in [6.07, 6.45) is 0. The van der Waals surface area contributed by atoms with Gasteiger partial charge in [0.25, 0.3) is 0 Å². The molecule has 0 aliphatic carbocycles. The van der Waals surface area contributed by atoms with Crippen molar-refractivity contribution in [1.82, 2.24) is 14.1 Å². The molecule has 130 valence electrons. The third-order valence-electron chi connectivity index (χ3n) is 5.01. The molecule has 0 saturated heterocycles. The van der Waals surface area contributed by atoms with Crippen LogP contribution in [0.15, 0.2) is 54.6 Å². The van der Waals surface area contributed by atoms with Crippen LogP contribution in [0.25, 0.3) is 22.4 Å². The van der Waals surface area contributed by atoms with Crippen molar-refractivity contribution < 1.29 is 0 Å². The average Bonchev–Trinajstić information content (AvgIpc) is 2.86. The summed E-state index contributed by atoms with van der Waals surface area (Å²) < 4.78 is 4.08. The van der Waals surface area contributed by atoms with Crippen LogP contribution in [0.4, 0.5) is 0 Å². The Hall–Kier alpha value is -3.14. The van der Waals surface area contributed by atoms with E-state index in [0.29, 0.717) is 5.49 Å². The molecule has 0 atom stereocenters. The van der Waals surface area contributed by atoms with Crippen molar-refractivity contribution in [3.63, 3.8) is 0 Å². The van der Waals surface area contributed by atoms with Crippen molar-refractivity contribution in [3.05, 3.63) is 82.7 Å². The fourth-order valence-electron chi connectivity index (χ4n) is 3.63. The van der Waals surface area contributed by atoms with Crippen LogP contribution >= 0.6 is 0 Å². The minimum absolute atomic E-state index is 0.480. The Kier molecular flexibility index (Phi) is 3.76. The lowest BCUT2D eigenvalue weighted by atomic mass is 10.2. The fraction of sp³-hybridized carbons (Fsp3) is 0.182. The fourth-order valence-corrected chi connectivity index (χ4v) is 3.63. The maximum atomic E-state index is 8.91. The molecule has 0 radical (unpaired) electrons. The van der Waals surface area contributed by atoms with Crippen LogP contribution in [0.1, 0.15) is 22.6 Å². The smallest absolute Gasteiger partial charge is 0.150 e. The molecule has 26 heavy (non-hydrogen) atoms. The lowest BCUT2D eigenvalue weighted by molar-refractivity contribution is 0.848. The van der Waals surface area contributed by atoms with E-state index in [1.807, 2.05) is 41.8 Å². The largest absolute Gasteiger partial charge is 0.298 e. The highest BCUT2D eigenvalue weighted by atomic mass is 15.1. The van der Waals surface area contributed by atoms with Gasteiger partial charge in [0.1, 0.15) is 11.3 Å². The second-order valence-electron chi connectivity index (χ2n) is 6.76. The molecule has 0 amide bonds. The van der Waals surface area contributed by atoms with Gasteiger partial charge in [0.2, 0.25) is 0 Å². The zero-order valence-corrected chi connectivity index (χ0v) is 15.5. The highest BCUT2D eigenvalue weighted by molar-refractivity contribution is 5.83. The molecule has 1 N–H and O–H groups in total. The molecule has 4 heteroatoms. The van der Waals surface area contributed by atoms with Crippen LogP contribution < -0.4 is 5.49 Å². The first-order valence-electron chi connectivity index (χ1n) is 8.77. The Bertz CT molecular complexity index is 1180. The molecule has 2 heterocycles. The molecule has 0 spiro atoms. The van der Waals surface area contributed by atoms with Gasteiger partial charge >= 0.3 is 0 Å². The van der Waals surface area contributed by atoms with Gasteiger partial charge < -0.3 is 0 Å². The van der Waals surface area contributed by atoms with Crippen molar-refractivity contribution in [3.8, 4) is 11.4 Å². The first kappa shape index (κ1) is 16.3. The number of aryl methyl sites for hydroxylation is 3. The van der Waals surface area contributed by atoms with Gasteiger partial charge in [0, 0.05) is 17.1 Å². The summed E-state index contributed by atoms with van der Waals surface area (Å²) in [7, 11) is 0. The van der Waals surface area contributed by atoms with Crippen molar-refractivity contribution in [2.24, 2.45) is 0 Å². The summed E-state index contributed by atoms with van der Waals surface area (Å²) in [5.74, 6) is 0.808. The second kappa shape index (κ2) is 5.99. The SMILES string of the molecule is Cc1cccc(-n2c(C)nc3c(c(C)c(C)n3-c3ccccc3)c2=N)c1. The number of para-hydroxylation sites is 1. The normalized spacial score (nSPS) is 11.2. The Morgan fingerprint density at radius 3 is 2.19 bits per heavy atom. The minimum Gasteiger partial charge on any atom is -0.298 e. The molecule has 0 aliphatic rings. The van der Waals surface area contributed by atoms with E-state index < -0.39 is 0 Å². The van der Waals surface area contributed by atoms with Crippen molar-refractivity contribution >= 4 is 11.0 Å². The highest BCUT2D eigenvalue weighted by Crippen LogP contribution is 2.26. The van der Waals surface area contributed by atoms with E-state index in [0.717, 1.165) is 39.5 Å². The molecule has 4 rings (SSSR count). The maximum Gasteiger partial charge on any atom is 0.150 e. The average molecular weight is 342 g/mol. The van der Waals surface area contributed by atoms with Crippen LogP contribution in [0.5, 0.6) is 0 Å². The predicted molar refractivity (Wildman–Crippen MR) is 105 cm³/mol. The summed E-state index contributed by atoms with van der Waals surface area (Å²) in [6, 6.07) is 18.4. The molecule has 2 aromatic carbocycles. The van der Waals surface area contributed by atoms with E-state index >= 15 is 0 Å². The molecule has 4 aromatic rings. The third kappa shape index (κ3) is 2.37. The van der Waals surface area contributed by atoms with Gasteiger partial charge in [-0.2, -0.15) is 0 Å². The van der Waals surface area contributed by atoms with Gasteiger partial charge in [-0.25, -0.2) is 4.98 Å². The quantitative estimate of drug-likeness (QED) is 0.571. The van der Waals surface area contributed by atoms with E-state index in [-0.39, 0.29) is 0 Å². The van der Waals surface area contributed by atoms with Gasteiger partial charge in [-0.15, -0.1) is 0 Å². The van der Waals surface area contributed by atoms with E-state index in [1.165, 1.54) is 5.56 Å². The molecule has 0 saturated carbocycles. The van der Waals surface area contributed by atoms with Crippen molar-refractivity contribution in [2.75, 3.05) is 0 Å². The number of nitrogens with one attached hydrogen (secondary N) is 1. The second-order valence-corrected chi connectivity index (χ2v) is 6.76. The number of hydrogen-bond donors (Lipinski definition) is 1.